The third-order valence-corrected chi connectivity index (χ3v) is 5.32. The predicted molar refractivity (Wildman–Crippen MR) is 82.6 cm³/mol. The summed E-state index contributed by atoms with van der Waals surface area (Å²) in [4.78, 5) is 14.8. The molecule has 2 aliphatic rings. The zero-order valence-electron chi connectivity index (χ0n) is 12.2. The van der Waals surface area contributed by atoms with Crippen molar-refractivity contribution in [3.63, 3.8) is 0 Å². The van der Waals surface area contributed by atoms with E-state index in [2.05, 4.69) is 34.0 Å². The molecule has 1 aliphatic carbocycles. The van der Waals surface area contributed by atoms with Crippen molar-refractivity contribution in [2.75, 3.05) is 6.54 Å². The van der Waals surface area contributed by atoms with E-state index in [1.807, 2.05) is 0 Å². The molecule has 1 amide bonds. The van der Waals surface area contributed by atoms with Gasteiger partial charge < -0.3 is 4.90 Å². The number of carbonyl (C=O) groups excluding carboxylic acids is 1. The highest BCUT2D eigenvalue weighted by Crippen LogP contribution is 2.33. The number of nitrogens with one attached hydrogen (secondary N) is 1. The zero-order valence-corrected chi connectivity index (χ0v) is 13.0. The van der Waals surface area contributed by atoms with Gasteiger partial charge in [-0.05, 0) is 47.6 Å². The predicted octanol–water partition coefficient (Wildman–Crippen LogP) is 3.54. The molecule has 1 saturated carbocycles. The van der Waals surface area contributed by atoms with Gasteiger partial charge in [0.2, 0.25) is 5.91 Å². The summed E-state index contributed by atoms with van der Waals surface area (Å²) in [5, 5.41) is 7.82. The van der Waals surface area contributed by atoms with Gasteiger partial charge in [-0.2, -0.15) is 11.3 Å². The van der Waals surface area contributed by atoms with E-state index in [1.54, 1.807) is 11.3 Å². The SMILES string of the molecule is CCCC1NC(c2ccsc2)N(CC2CCCC2)C1=O. The van der Waals surface area contributed by atoms with Crippen molar-refractivity contribution in [2.24, 2.45) is 5.92 Å². The van der Waals surface area contributed by atoms with Crippen LogP contribution in [0.4, 0.5) is 0 Å². The maximum Gasteiger partial charge on any atom is 0.241 e. The molecule has 0 radical (unpaired) electrons. The van der Waals surface area contributed by atoms with Gasteiger partial charge in [0.25, 0.3) is 0 Å². The molecule has 4 heteroatoms. The quantitative estimate of drug-likeness (QED) is 0.900. The largest absolute Gasteiger partial charge is 0.321 e. The van der Waals surface area contributed by atoms with Crippen LogP contribution in [0.25, 0.3) is 0 Å². The maximum absolute atomic E-state index is 12.7. The van der Waals surface area contributed by atoms with E-state index in [-0.39, 0.29) is 12.2 Å². The van der Waals surface area contributed by atoms with E-state index in [0.717, 1.165) is 19.4 Å². The van der Waals surface area contributed by atoms with E-state index in [9.17, 15) is 4.79 Å². The van der Waals surface area contributed by atoms with Gasteiger partial charge in [0.15, 0.2) is 0 Å². The first-order chi connectivity index (χ1) is 9.79. The lowest BCUT2D eigenvalue weighted by Gasteiger charge is -2.26. The van der Waals surface area contributed by atoms with Gasteiger partial charge in [0, 0.05) is 6.54 Å². The average molecular weight is 292 g/mol. The first kappa shape index (κ1) is 14.1. The summed E-state index contributed by atoms with van der Waals surface area (Å²) in [6, 6.07) is 2.16. The van der Waals surface area contributed by atoms with Crippen molar-refractivity contribution >= 4 is 17.2 Å². The molecule has 1 aromatic rings. The number of hydrogen-bond acceptors (Lipinski definition) is 3. The molecular formula is C16H24N2OS. The minimum absolute atomic E-state index is 0.0197. The molecule has 3 nitrogen and oxygen atoms in total. The highest BCUT2D eigenvalue weighted by atomic mass is 32.1. The molecule has 20 heavy (non-hydrogen) atoms. The van der Waals surface area contributed by atoms with Crippen LogP contribution in [0, 0.1) is 5.92 Å². The van der Waals surface area contributed by atoms with E-state index < -0.39 is 0 Å². The Hall–Kier alpha value is -0.870. The standard InChI is InChI=1S/C16H24N2OS/c1-2-5-14-16(19)18(10-12-6-3-4-7-12)15(17-14)13-8-9-20-11-13/h8-9,11-12,14-15,17H,2-7,10H2,1H3. The lowest BCUT2D eigenvalue weighted by Crippen LogP contribution is -2.34. The number of nitrogens with zero attached hydrogens (tertiary/aromatic N) is 1. The van der Waals surface area contributed by atoms with Gasteiger partial charge in [-0.1, -0.05) is 26.2 Å². The molecule has 2 fully saturated rings. The van der Waals surface area contributed by atoms with Gasteiger partial charge in [-0.25, -0.2) is 0 Å². The Balaban J connectivity index is 1.76. The lowest BCUT2D eigenvalue weighted by molar-refractivity contribution is -0.130. The van der Waals surface area contributed by atoms with Crippen molar-refractivity contribution in [3.05, 3.63) is 22.4 Å². The zero-order chi connectivity index (χ0) is 13.9. The number of rotatable bonds is 5. The molecule has 110 valence electrons. The fraction of sp³-hybridized carbons (Fsp3) is 0.688. The molecule has 1 saturated heterocycles. The Kier molecular flexibility index (Phi) is 4.41. The number of thiophene rings is 1. The Morgan fingerprint density at radius 3 is 2.85 bits per heavy atom. The first-order valence-corrected chi connectivity index (χ1v) is 8.82. The van der Waals surface area contributed by atoms with E-state index >= 15 is 0 Å². The van der Waals surface area contributed by atoms with E-state index in [1.165, 1.54) is 31.2 Å². The van der Waals surface area contributed by atoms with Gasteiger partial charge in [0.1, 0.15) is 6.17 Å². The third kappa shape index (κ3) is 2.77. The summed E-state index contributed by atoms with van der Waals surface area (Å²) in [6.45, 7) is 3.08. The summed E-state index contributed by atoms with van der Waals surface area (Å²) in [5.74, 6) is 1.03. The molecule has 0 spiro atoms. The third-order valence-electron chi connectivity index (χ3n) is 4.62. The minimum atomic E-state index is 0.0197. The van der Waals surface area contributed by atoms with E-state index in [4.69, 9.17) is 0 Å². The van der Waals surface area contributed by atoms with Gasteiger partial charge in [-0.3, -0.25) is 10.1 Å². The fourth-order valence-corrected chi connectivity index (χ4v) is 4.23. The second kappa shape index (κ2) is 6.27. The van der Waals surface area contributed by atoms with Crippen LogP contribution in [-0.2, 0) is 4.79 Å². The summed E-state index contributed by atoms with van der Waals surface area (Å²) >= 11 is 1.71. The topological polar surface area (TPSA) is 32.3 Å². The van der Waals surface area contributed by atoms with Crippen LogP contribution < -0.4 is 5.32 Å². The summed E-state index contributed by atoms with van der Waals surface area (Å²) < 4.78 is 0. The van der Waals surface area contributed by atoms with Crippen LogP contribution in [0.15, 0.2) is 16.8 Å². The summed E-state index contributed by atoms with van der Waals surface area (Å²) in [6.07, 6.45) is 7.35. The molecule has 2 atom stereocenters. The maximum atomic E-state index is 12.7. The van der Waals surface area contributed by atoms with Crippen LogP contribution >= 0.6 is 11.3 Å². The number of amides is 1. The molecule has 1 N–H and O–H groups in total. The highest BCUT2D eigenvalue weighted by molar-refractivity contribution is 7.07. The Morgan fingerprint density at radius 2 is 2.20 bits per heavy atom. The molecule has 1 aliphatic heterocycles. The molecule has 1 aromatic heterocycles. The molecule has 2 heterocycles. The normalized spacial score (nSPS) is 27.6. The highest BCUT2D eigenvalue weighted by Gasteiger charge is 2.40. The van der Waals surface area contributed by atoms with Crippen LogP contribution in [0.1, 0.15) is 57.2 Å². The van der Waals surface area contributed by atoms with Crippen LogP contribution in [0.3, 0.4) is 0 Å². The lowest BCUT2D eigenvalue weighted by atomic mass is 10.1. The molecule has 3 rings (SSSR count). The van der Waals surface area contributed by atoms with Crippen molar-refractivity contribution in [1.82, 2.24) is 10.2 Å². The average Bonchev–Trinajstić information content (AvgIpc) is 3.16. The molecule has 0 aromatic carbocycles. The van der Waals surface area contributed by atoms with Crippen molar-refractivity contribution < 1.29 is 4.79 Å². The van der Waals surface area contributed by atoms with Gasteiger partial charge >= 0.3 is 0 Å². The van der Waals surface area contributed by atoms with Gasteiger partial charge in [-0.15, -0.1) is 0 Å². The fourth-order valence-electron chi connectivity index (χ4n) is 3.55. The number of hydrogen-bond donors (Lipinski definition) is 1. The number of carbonyl (C=O) groups is 1. The van der Waals surface area contributed by atoms with Crippen molar-refractivity contribution in [3.8, 4) is 0 Å². The van der Waals surface area contributed by atoms with Crippen molar-refractivity contribution in [2.45, 2.75) is 57.7 Å². The molecular weight excluding hydrogens is 268 g/mol. The second-order valence-corrected chi connectivity index (χ2v) is 6.89. The smallest absolute Gasteiger partial charge is 0.241 e. The Morgan fingerprint density at radius 1 is 1.40 bits per heavy atom. The second-order valence-electron chi connectivity index (χ2n) is 6.11. The van der Waals surface area contributed by atoms with Crippen LogP contribution in [-0.4, -0.2) is 23.4 Å². The first-order valence-electron chi connectivity index (χ1n) is 7.88. The van der Waals surface area contributed by atoms with Crippen molar-refractivity contribution in [1.29, 1.82) is 0 Å². The summed E-state index contributed by atoms with van der Waals surface area (Å²) in [7, 11) is 0. The monoisotopic (exact) mass is 292 g/mol. The molecule has 2 unspecified atom stereocenters. The van der Waals surface area contributed by atoms with Crippen LogP contribution in [0.2, 0.25) is 0 Å². The minimum Gasteiger partial charge on any atom is -0.321 e. The van der Waals surface area contributed by atoms with E-state index in [0.29, 0.717) is 11.8 Å². The summed E-state index contributed by atoms with van der Waals surface area (Å²) in [5.41, 5.74) is 1.25. The van der Waals surface area contributed by atoms with Crippen LogP contribution in [0.5, 0.6) is 0 Å². The molecule has 0 bridgehead atoms. The Bertz CT molecular complexity index is 439. The Labute approximate surface area is 125 Å². The van der Waals surface area contributed by atoms with Gasteiger partial charge in [0.05, 0.1) is 6.04 Å².